The Kier molecular flexibility index (Phi) is 4.99. The molecular weight excluding hydrogens is 291 g/mol. The van der Waals surface area contributed by atoms with E-state index in [1.165, 1.54) is 18.2 Å². The van der Waals surface area contributed by atoms with Crippen molar-refractivity contribution in [1.82, 2.24) is 4.31 Å². The largest absolute Gasteiger partial charge is 0.411 e. The van der Waals surface area contributed by atoms with Crippen molar-refractivity contribution < 1.29 is 21.6 Å². The number of aryl methyl sites for hydroxylation is 1. The van der Waals surface area contributed by atoms with Gasteiger partial charge < -0.3 is 0 Å². The Morgan fingerprint density at radius 3 is 2.25 bits per heavy atom. The summed E-state index contributed by atoms with van der Waals surface area (Å²) < 4.78 is 61.5. The number of nitrogens with zero attached hydrogens (tertiary/aromatic N) is 1. The van der Waals surface area contributed by atoms with Crippen molar-refractivity contribution in [2.75, 3.05) is 6.54 Å². The van der Waals surface area contributed by atoms with E-state index in [0.717, 1.165) is 5.56 Å². The van der Waals surface area contributed by atoms with Gasteiger partial charge in [0.25, 0.3) is 10.0 Å². The number of allylic oxidation sites excluding steroid dienone is 1. The number of sulfonamides is 1. The zero-order chi connectivity index (χ0) is 15.4. The van der Waals surface area contributed by atoms with Crippen LogP contribution in [0.2, 0.25) is 0 Å². The molecule has 0 saturated heterocycles. The van der Waals surface area contributed by atoms with Crippen LogP contribution < -0.4 is 0 Å². The molecular formula is C13H14F3NO2S. The fourth-order valence-corrected chi connectivity index (χ4v) is 2.65. The average Bonchev–Trinajstić information content (AvgIpc) is 2.33. The van der Waals surface area contributed by atoms with Crippen LogP contribution in [0.25, 0.3) is 0 Å². The first-order valence-electron chi connectivity index (χ1n) is 5.62. The minimum absolute atomic E-state index is 0.0724. The van der Waals surface area contributed by atoms with Crippen molar-refractivity contribution in [3.8, 4) is 0 Å². The second-order valence-electron chi connectivity index (χ2n) is 4.03. The van der Waals surface area contributed by atoms with Gasteiger partial charge in [-0.25, -0.2) is 8.42 Å². The first-order chi connectivity index (χ1) is 9.16. The number of benzene rings is 1. The molecule has 0 unspecified atom stereocenters. The van der Waals surface area contributed by atoms with Crippen LogP contribution in [0.15, 0.2) is 54.1 Å². The number of hydrogen-bond acceptors (Lipinski definition) is 2. The van der Waals surface area contributed by atoms with Crippen LogP contribution in [0.4, 0.5) is 13.2 Å². The van der Waals surface area contributed by atoms with Gasteiger partial charge in [-0.1, -0.05) is 23.8 Å². The molecule has 1 aromatic carbocycles. The van der Waals surface area contributed by atoms with Gasteiger partial charge in [-0.2, -0.15) is 13.2 Å². The van der Waals surface area contributed by atoms with Crippen LogP contribution >= 0.6 is 0 Å². The molecule has 0 aromatic heterocycles. The Bertz CT molecular complexity index is 589. The molecule has 0 spiro atoms. The molecule has 3 nitrogen and oxygen atoms in total. The summed E-state index contributed by atoms with van der Waals surface area (Å²) in [7, 11) is -4.03. The molecule has 110 valence electrons. The van der Waals surface area contributed by atoms with Crippen molar-refractivity contribution in [2.45, 2.75) is 18.0 Å². The van der Waals surface area contributed by atoms with Crippen molar-refractivity contribution in [3.05, 3.63) is 54.8 Å². The van der Waals surface area contributed by atoms with Crippen molar-refractivity contribution in [2.24, 2.45) is 0 Å². The van der Waals surface area contributed by atoms with E-state index in [4.69, 9.17) is 0 Å². The van der Waals surface area contributed by atoms with Gasteiger partial charge >= 0.3 is 6.18 Å². The summed E-state index contributed by atoms with van der Waals surface area (Å²) in [5.41, 5.74) is 0.852. The van der Waals surface area contributed by atoms with E-state index in [1.54, 1.807) is 19.1 Å². The van der Waals surface area contributed by atoms with E-state index in [-0.39, 0.29) is 17.5 Å². The van der Waals surface area contributed by atoms with Crippen LogP contribution in [0.1, 0.15) is 5.56 Å². The lowest BCUT2D eigenvalue weighted by Gasteiger charge is -2.19. The summed E-state index contributed by atoms with van der Waals surface area (Å²) in [5, 5.41) is 0. The Morgan fingerprint density at radius 2 is 1.80 bits per heavy atom. The zero-order valence-electron chi connectivity index (χ0n) is 10.8. The summed E-state index contributed by atoms with van der Waals surface area (Å²) >= 11 is 0. The second-order valence-corrected chi connectivity index (χ2v) is 5.92. The molecule has 0 amide bonds. The first-order valence-corrected chi connectivity index (χ1v) is 7.06. The van der Waals surface area contributed by atoms with E-state index in [1.807, 2.05) is 0 Å². The third-order valence-electron chi connectivity index (χ3n) is 2.37. The molecule has 0 saturated carbocycles. The number of rotatable bonds is 5. The lowest BCUT2D eigenvalue weighted by atomic mass is 10.2. The molecule has 0 aliphatic heterocycles. The molecule has 1 aromatic rings. The van der Waals surface area contributed by atoms with Gasteiger partial charge in [-0.05, 0) is 19.1 Å². The van der Waals surface area contributed by atoms with Gasteiger partial charge in [0.1, 0.15) is 0 Å². The lowest BCUT2D eigenvalue weighted by molar-refractivity contribution is -0.0804. The number of hydrogen-bond donors (Lipinski definition) is 0. The van der Waals surface area contributed by atoms with E-state index < -0.39 is 16.2 Å². The van der Waals surface area contributed by atoms with Crippen LogP contribution in [0, 0.1) is 6.92 Å². The Morgan fingerprint density at radius 1 is 1.25 bits per heavy atom. The van der Waals surface area contributed by atoms with Gasteiger partial charge in [0.05, 0.1) is 11.4 Å². The minimum atomic E-state index is -4.58. The quantitative estimate of drug-likeness (QED) is 0.783. The maximum atomic E-state index is 12.2. The fourth-order valence-electron chi connectivity index (χ4n) is 1.38. The molecule has 0 bridgehead atoms. The lowest BCUT2D eigenvalue weighted by Crippen LogP contribution is -2.26. The SMILES string of the molecule is C=CCN(/C=C/C(F)(F)F)S(=O)(=O)c1ccc(C)cc1. The van der Waals surface area contributed by atoms with Crippen molar-refractivity contribution in [1.29, 1.82) is 0 Å². The maximum absolute atomic E-state index is 12.2. The number of alkyl halides is 3. The van der Waals surface area contributed by atoms with Crippen molar-refractivity contribution >= 4 is 10.0 Å². The van der Waals surface area contributed by atoms with Gasteiger partial charge in [0, 0.05) is 12.3 Å². The Balaban J connectivity index is 3.15. The van der Waals surface area contributed by atoms with E-state index in [2.05, 4.69) is 6.58 Å². The third-order valence-corrected chi connectivity index (χ3v) is 4.12. The molecule has 7 heteroatoms. The fraction of sp³-hybridized carbons (Fsp3) is 0.231. The van der Waals surface area contributed by atoms with E-state index >= 15 is 0 Å². The van der Waals surface area contributed by atoms with E-state index in [0.29, 0.717) is 10.5 Å². The monoisotopic (exact) mass is 305 g/mol. The predicted octanol–water partition coefficient (Wildman–Crippen LogP) is 3.25. The van der Waals surface area contributed by atoms with Crippen LogP contribution in [-0.4, -0.2) is 25.4 Å². The molecule has 0 N–H and O–H groups in total. The highest BCUT2D eigenvalue weighted by Crippen LogP contribution is 2.20. The summed E-state index contributed by atoms with van der Waals surface area (Å²) in [6.07, 6.45) is -2.99. The smallest absolute Gasteiger partial charge is 0.270 e. The highest BCUT2D eigenvalue weighted by atomic mass is 32.2. The van der Waals surface area contributed by atoms with Crippen LogP contribution in [0.3, 0.4) is 0 Å². The summed E-state index contributed by atoms with van der Waals surface area (Å²) in [4.78, 5) is -0.0724. The van der Waals surface area contributed by atoms with Gasteiger partial charge in [-0.15, -0.1) is 6.58 Å². The molecule has 1 rings (SSSR count). The molecule has 0 heterocycles. The first kappa shape index (κ1) is 16.3. The molecule has 0 aliphatic carbocycles. The normalized spacial score (nSPS) is 12.6. The van der Waals surface area contributed by atoms with E-state index in [9.17, 15) is 21.6 Å². The van der Waals surface area contributed by atoms with Crippen LogP contribution in [-0.2, 0) is 10.0 Å². The zero-order valence-corrected chi connectivity index (χ0v) is 11.6. The Hall–Kier alpha value is -1.76. The third kappa shape index (κ3) is 4.41. The molecule has 20 heavy (non-hydrogen) atoms. The van der Waals surface area contributed by atoms with Gasteiger partial charge in [-0.3, -0.25) is 4.31 Å². The topological polar surface area (TPSA) is 37.4 Å². The van der Waals surface area contributed by atoms with Gasteiger partial charge in [0.15, 0.2) is 0 Å². The molecule has 0 fully saturated rings. The molecule has 0 aliphatic rings. The highest BCUT2D eigenvalue weighted by Gasteiger charge is 2.26. The predicted molar refractivity (Wildman–Crippen MR) is 70.5 cm³/mol. The molecule has 0 radical (unpaired) electrons. The minimum Gasteiger partial charge on any atom is -0.270 e. The summed E-state index contributed by atoms with van der Waals surface area (Å²) in [6.45, 7) is 4.88. The highest BCUT2D eigenvalue weighted by molar-refractivity contribution is 7.89. The van der Waals surface area contributed by atoms with Crippen molar-refractivity contribution in [3.63, 3.8) is 0 Å². The second kappa shape index (κ2) is 6.13. The van der Waals surface area contributed by atoms with Gasteiger partial charge in [0.2, 0.25) is 0 Å². The number of halogens is 3. The summed E-state index contributed by atoms with van der Waals surface area (Å²) in [5.74, 6) is 0. The Labute approximate surface area is 116 Å². The standard InChI is InChI=1S/C13H14F3NO2S/c1-3-9-17(10-8-13(14,15)16)20(18,19)12-6-4-11(2)5-7-12/h3-8,10H,1,9H2,2H3/b10-8+. The average molecular weight is 305 g/mol. The van der Waals surface area contributed by atoms with Crippen LogP contribution in [0.5, 0.6) is 0 Å². The summed E-state index contributed by atoms with van der Waals surface area (Å²) in [6, 6.07) is 5.85. The molecule has 0 atom stereocenters. The maximum Gasteiger partial charge on any atom is 0.411 e.